The SMILES string of the molecule is Cc1cc(CC(C)(C)N)nc2ccc(C(C)(C)C)cc12. The fraction of sp³-hybridized carbons (Fsp3) is 0.500. The van der Waals surface area contributed by atoms with Crippen LogP contribution in [0.5, 0.6) is 0 Å². The molecule has 2 rings (SSSR count). The van der Waals surface area contributed by atoms with Crippen LogP contribution in [0.25, 0.3) is 10.9 Å². The molecule has 0 amide bonds. The van der Waals surface area contributed by atoms with Crippen molar-refractivity contribution in [3.8, 4) is 0 Å². The molecule has 2 aromatic rings. The van der Waals surface area contributed by atoms with Crippen LogP contribution in [0.3, 0.4) is 0 Å². The second-order valence-corrected chi connectivity index (χ2v) is 7.58. The van der Waals surface area contributed by atoms with Crippen molar-refractivity contribution in [1.82, 2.24) is 4.98 Å². The van der Waals surface area contributed by atoms with Crippen molar-refractivity contribution in [3.05, 3.63) is 41.1 Å². The molecule has 0 aliphatic heterocycles. The van der Waals surface area contributed by atoms with Gasteiger partial charge >= 0.3 is 0 Å². The summed E-state index contributed by atoms with van der Waals surface area (Å²) in [6, 6.07) is 8.76. The van der Waals surface area contributed by atoms with Gasteiger partial charge in [0.05, 0.1) is 5.52 Å². The predicted molar refractivity (Wildman–Crippen MR) is 87.2 cm³/mol. The van der Waals surface area contributed by atoms with Crippen molar-refractivity contribution < 1.29 is 0 Å². The molecule has 2 nitrogen and oxygen atoms in total. The third-order valence-electron chi connectivity index (χ3n) is 3.57. The average Bonchev–Trinajstić information content (AvgIpc) is 2.24. The molecule has 0 atom stereocenters. The number of aryl methyl sites for hydroxylation is 1. The summed E-state index contributed by atoms with van der Waals surface area (Å²) in [4.78, 5) is 4.76. The van der Waals surface area contributed by atoms with Gasteiger partial charge in [0.1, 0.15) is 0 Å². The van der Waals surface area contributed by atoms with Crippen LogP contribution in [0, 0.1) is 6.92 Å². The molecule has 0 radical (unpaired) electrons. The molecule has 20 heavy (non-hydrogen) atoms. The predicted octanol–water partition coefficient (Wildman–Crippen LogP) is 4.12. The molecule has 0 aliphatic rings. The first-order valence-corrected chi connectivity index (χ1v) is 7.26. The van der Waals surface area contributed by atoms with E-state index in [0.29, 0.717) is 0 Å². The molecule has 0 unspecified atom stereocenters. The molecular weight excluding hydrogens is 244 g/mol. The Hall–Kier alpha value is -1.41. The first kappa shape index (κ1) is 15.0. The van der Waals surface area contributed by atoms with Crippen LogP contribution in [0.1, 0.15) is 51.4 Å². The van der Waals surface area contributed by atoms with E-state index in [1.807, 2.05) is 13.8 Å². The molecule has 108 valence electrons. The smallest absolute Gasteiger partial charge is 0.0708 e. The maximum atomic E-state index is 6.10. The third kappa shape index (κ3) is 3.37. The van der Waals surface area contributed by atoms with Crippen molar-refractivity contribution >= 4 is 10.9 Å². The molecule has 1 aromatic carbocycles. The topological polar surface area (TPSA) is 38.9 Å². The summed E-state index contributed by atoms with van der Waals surface area (Å²) in [7, 11) is 0. The van der Waals surface area contributed by atoms with Crippen LogP contribution in [-0.2, 0) is 11.8 Å². The van der Waals surface area contributed by atoms with Crippen LogP contribution in [-0.4, -0.2) is 10.5 Å². The van der Waals surface area contributed by atoms with E-state index < -0.39 is 0 Å². The molecular formula is C18H26N2. The number of aromatic nitrogens is 1. The quantitative estimate of drug-likeness (QED) is 0.891. The van der Waals surface area contributed by atoms with Crippen LogP contribution >= 0.6 is 0 Å². The molecule has 0 bridgehead atoms. The zero-order chi connectivity index (χ0) is 15.1. The summed E-state index contributed by atoms with van der Waals surface area (Å²) in [5.74, 6) is 0. The van der Waals surface area contributed by atoms with Crippen molar-refractivity contribution in [1.29, 1.82) is 0 Å². The number of rotatable bonds is 2. The largest absolute Gasteiger partial charge is 0.325 e. The van der Waals surface area contributed by atoms with Gasteiger partial charge < -0.3 is 5.73 Å². The lowest BCUT2D eigenvalue weighted by atomic mass is 9.86. The number of pyridine rings is 1. The van der Waals surface area contributed by atoms with E-state index in [-0.39, 0.29) is 11.0 Å². The van der Waals surface area contributed by atoms with E-state index in [4.69, 9.17) is 10.7 Å². The Morgan fingerprint density at radius 2 is 1.70 bits per heavy atom. The fourth-order valence-corrected chi connectivity index (χ4v) is 2.49. The van der Waals surface area contributed by atoms with Gasteiger partial charge in [-0.05, 0) is 55.5 Å². The molecule has 0 saturated carbocycles. The Kier molecular flexibility index (Phi) is 3.64. The first-order valence-electron chi connectivity index (χ1n) is 7.26. The minimum absolute atomic E-state index is 0.165. The van der Waals surface area contributed by atoms with Gasteiger partial charge in [-0.2, -0.15) is 0 Å². The van der Waals surface area contributed by atoms with Crippen LogP contribution < -0.4 is 5.73 Å². The lowest BCUT2D eigenvalue weighted by Gasteiger charge is -2.21. The minimum Gasteiger partial charge on any atom is -0.325 e. The van der Waals surface area contributed by atoms with E-state index in [2.05, 4.69) is 52.0 Å². The second-order valence-electron chi connectivity index (χ2n) is 7.58. The van der Waals surface area contributed by atoms with Crippen LogP contribution in [0.4, 0.5) is 0 Å². The number of nitrogens with zero attached hydrogens (tertiary/aromatic N) is 1. The summed E-state index contributed by atoms with van der Waals surface area (Å²) >= 11 is 0. The van der Waals surface area contributed by atoms with Crippen LogP contribution in [0.2, 0.25) is 0 Å². The Balaban J connectivity index is 2.53. The number of hydrogen-bond acceptors (Lipinski definition) is 2. The highest BCUT2D eigenvalue weighted by atomic mass is 14.8. The minimum atomic E-state index is -0.224. The van der Waals surface area contributed by atoms with Gasteiger partial charge in [0.2, 0.25) is 0 Å². The number of hydrogen-bond donors (Lipinski definition) is 1. The lowest BCUT2D eigenvalue weighted by Crippen LogP contribution is -2.34. The summed E-state index contributed by atoms with van der Waals surface area (Å²) in [5, 5.41) is 1.25. The van der Waals surface area contributed by atoms with Gasteiger partial charge in [0.15, 0.2) is 0 Å². The number of fused-ring (bicyclic) bond motifs is 1. The highest BCUT2D eigenvalue weighted by molar-refractivity contribution is 5.83. The normalized spacial score (nSPS) is 12.9. The average molecular weight is 270 g/mol. The maximum absolute atomic E-state index is 6.10. The van der Waals surface area contributed by atoms with Gasteiger partial charge in [0.25, 0.3) is 0 Å². The van der Waals surface area contributed by atoms with Crippen molar-refractivity contribution in [2.75, 3.05) is 0 Å². The van der Waals surface area contributed by atoms with Crippen LogP contribution in [0.15, 0.2) is 24.3 Å². The fourth-order valence-electron chi connectivity index (χ4n) is 2.49. The lowest BCUT2D eigenvalue weighted by molar-refractivity contribution is 0.511. The molecule has 0 aliphatic carbocycles. The second kappa shape index (κ2) is 4.85. The van der Waals surface area contributed by atoms with Gasteiger partial charge in [0, 0.05) is 23.0 Å². The maximum Gasteiger partial charge on any atom is 0.0708 e. The zero-order valence-electron chi connectivity index (χ0n) is 13.5. The number of nitrogens with two attached hydrogens (primary N) is 1. The summed E-state index contributed by atoms with van der Waals surface area (Å²) < 4.78 is 0. The van der Waals surface area contributed by atoms with E-state index in [1.165, 1.54) is 16.5 Å². The van der Waals surface area contributed by atoms with Gasteiger partial charge in [-0.15, -0.1) is 0 Å². The highest BCUT2D eigenvalue weighted by Gasteiger charge is 2.16. The molecule has 0 spiro atoms. The summed E-state index contributed by atoms with van der Waals surface area (Å²) in [6.07, 6.45) is 0.796. The van der Waals surface area contributed by atoms with Crippen molar-refractivity contribution in [3.63, 3.8) is 0 Å². The molecule has 1 heterocycles. The first-order chi connectivity index (χ1) is 9.06. The number of benzene rings is 1. The standard InChI is InChI=1S/C18H26N2/c1-12-9-14(11-18(5,6)19)20-16-8-7-13(10-15(12)16)17(2,3)4/h7-10H,11,19H2,1-6H3. The third-order valence-corrected chi connectivity index (χ3v) is 3.57. The van der Waals surface area contributed by atoms with Crippen molar-refractivity contribution in [2.45, 2.75) is 58.9 Å². The molecule has 1 aromatic heterocycles. The Morgan fingerprint density at radius 1 is 1.05 bits per heavy atom. The molecule has 0 fully saturated rings. The Bertz CT molecular complexity index is 628. The van der Waals surface area contributed by atoms with Gasteiger partial charge in [-0.25, -0.2) is 0 Å². The highest BCUT2D eigenvalue weighted by Crippen LogP contribution is 2.27. The Labute approximate surface area is 122 Å². The molecule has 0 saturated heterocycles. The summed E-state index contributed by atoms with van der Waals surface area (Å²) in [5.41, 5.74) is 10.8. The van der Waals surface area contributed by atoms with E-state index in [1.54, 1.807) is 0 Å². The monoisotopic (exact) mass is 270 g/mol. The molecule has 2 heteroatoms. The van der Waals surface area contributed by atoms with Gasteiger partial charge in [-0.3, -0.25) is 4.98 Å². The van der Waals surface area contributed by atoms with E-state index >= 15 is 0 Å². The Morgan fingerprint density at radius 3 is 2.25 bits per heavy atom. The van der Waals surface area contributed by atoms with E-state index in [0.717, 1.165) is 17.6 Å². The molecule has 2 N–H and O–H groups in total. The summed E-state index contributed by atoms with van der Waals surface area (Å²) in [6.45, 7) is 12.9. The van der Waals surface area contributed by atoms with Crippen molar-refractivity contribution in [2.24, 2.45) is 5.73 Å². The zero-order valence-corrected chi connectivity index (χ0v) is 13.5. The van der Waals surface area contributed by atoms with Gasteiger partial charge in [-0.1, -0.05) is 26.8 Å². The van der Waals surface area contributed by atoms with E-state index in [9.17, 15) is 0 Å².